The zero-order valence-corrected chi connectivity index (χ0v) is 16.4. The number of methoxy groups -OCH3 is 2. The van der Waals surface area contributed by atoms with Crippen molar-refractivity contribution in [3.63, 3.8) is 0 Å². The molecule has 1 N–H and O–H groups in total. The highest BCUT2D eigenvalue weighted by atomic mass is 16.5. The van der Waals surface area contributed by atoms with Gasteiger partial charge in [0.05, 0.1) is 26.4 Å². The smallest absolute Gasteiger partial charge is 0.338 e. The monoisotopic (exact) mass is 383 g/mol. The van der Waals surface area contributed by atoms with Gasteiger partial charge in [-0.3, -0.25) is 4.79 Å². The highest BCUT2D eigenvalue weighted by Crippen LogP contribution is 2.25. The van der Waals surface area contributed by atoms with Gasteiger partial charge in [0.25, 0.3) is 0 Å². The molecule has 0 unspecified atom stereocenters. The molecule has 148 valence electrons. The number of carbonyl (C=O) groups excluding carboxylic acids is 2. The van der Waals surface area contributed by atoms with E-state index in [0.29, 0.717) is 29.4 Å². The van der Waals surface area contributed by atoms with Crippen LogP contribution in [0.25, 0.3) is 6.08 Å². The number of hydrogen-bond donors (Lipinski definition) is 1. The molecule has 0 aliphatic rings. The van der Waals surface area contributed by atoms with Gasteiger partial charge in [-0.15, -0.1) is 0 Å². The summed E-state index contributed by atoms with van der Waals surface area (Å²) >= 11 is 0. The van der Waals surface area contributed by atoms with Gasteiger partial charge in [0.15, 0.2) is 0 Å². The van der Waals surface area contributed by atoms with Gasteiger partial charge in [0, 0.05) is 23.4 Å². The van der Waals surface area contributed by atoms with Crippen LogP contribution in [0.3, 0.4) is 0 Å². The number of hydrogen-bond acceptors (Lipinski definition) is 5. The van der Waals surface area contributed by atoms with Crippen molar-refractivity contribution >= 4 is 23.6 Å². The fraction of sp³-hybridized carbons (Fsp3) is 0.273. The predicted octanol–water partition coefficient (Wildman–Crippen LogP) is 4.31. The van der Waals surface area contributed by atoms with Crippen molar-refractivity contribution in [1.29, 1.82) is 0 Å². The molecule has 0 spiro atoms. The number of nitrogens with one attached hydrogen (secondary N) is 1. The van der Waals surface area contributed by atoms with Crippen molar-refractivity contribution in [3.05, 3.63) is 59.7 Å². The lowest BCUT2D eigenvalue weighted by Crippen LogP contribution is -2.10. The minimum atomic E-state index is -0.400. The van der Waals surface area contributed by atoms with E-state index in [0.717, 1.165) is 18.4 Å². The standard InChI is InChI=1S/C22H25NO5/c1-4-5-13-28-22(25)17-7-6-8-18(14-17)23-21(24)12-10-16-9-11-19(26-2)15-20(16)27-3/h6-12,14-15H,4-5,13H2,1-3H3,(H,23,24)/b12-10+. The number of benzene rings is 2. The Morgan fingerprint density at radius 1 is 1.07 bits per heavy atom. The Morgan fingerprint density at radius 2 is 1.89 bits per heavy atom. The lowest BCUT2D eigenvalue weighted by atomic mass is 10.1. The van der Waals surface area contributed by atoms with Crippen LogP contribution in [0.15, 0.2) is 48.5 Å². The first-order chi connectivity index (χ1) is 13.6. The van der Waals surface area contributed by atoms with Gasteiger partial charge in [-0.2, -0.15) is 0 Å². The lowest BCUT2D eigenvalue weighted by molar-refractivity contribution is -0.111. The molecular formula is C22H25NO5. The van der Waals surface area contributed by atoms with E-state index in [1.54, 1.807) is 62.8 Å². The SMILES string of the molecule is CCCCOC(=O)c1cccc(NC(=O)/C=C/c2ccc(OC)cc2OC)c1. The van der Waals surface area contributed by atoms with E-state index in [2.05, 4.69) is 5.32 Å². The number of ether oxygens (including phenoxy) is 3. The first kappa shape index (κ1) is 21.0. The number of unbranched alkanes of at least 4 members (excludes halogenated alkanes) is 1. The summed E-state index contributed by atoms with van der Waals surface area (Å²) < 4.78 is 15.7. The van der Waals surface area contributed by atoms with E-state index in [9.17, 15) is 9.59 Å². The molecule has 28 heavy (non-hydrogen) atoms. The molecule has 6 heteroatoms. The maximum Gasteiger partial charge on any atom is 0.338 e. The molecule has 2 aromatic rings. The van der Waals surface area contributed by atoms with Crippen molar-refractivity contribution in [2.45, 2.75) is 19.8 Å². The van der Waals surface area contributed by atoms with E-state index < -0.39 is 5.97 Å². The first-order valence-corrected chi connectivity index (χ1v) is 9.05. The zero-order valence-electron chi connectivity index (χ0n) is 16.4. The van der Waals surface area contributed by atoms with Gasteiger partial charge in [0.1, 0.15) is 11.5 Å². The van der Waals surface area contributed by atoms with Gasteiger partial charge < -0.3 is 19.5 Å². The van der Waals surface area contributed by atoms with Crippen LogP contribution < -0.4 is 14.8 Å². The molecule has 1 amide bonds. The van der Waals surface area contributed by atoms with Crippen LogP contribution in [-0.4, -0.2) is 32.7 Å². The molecule has 2 rings (SSSR count). The Hall–Kier alpha value is -3.28. The topological polar surface area (TPSA) is 73.9 Å². The van der Waals surface area contributed by atoms with Gasteiger partial charge in [-0.25, -0.2) is 4.79 Å². The molecule has 0 aliphatic heterocycles. The Balaban J connectivity index is 2.02. The van der Waals surface area contributed by atoms with Crippen LogP contribution in [0.4, 0.5) is 5.69 Å². The number of esters is 1. The number of rotatable bonds is 9. The van der Waals surface area contributed by atoms with E-state index in [1.165, 1.54) is 6.08 Å². The van der Waals surface area contributed by atoms with Gasteiger partial charge in [-0.05, 0) is 42.8 Å². The molecule has 0 atom stereocenters. The molecule has 0 aromatic heterocycles. The molecule has 0 radical (unpaired) electrons. The van der Waals surface area contributed by atoms with Crippen molar-refractivity contribution in [1.82, 2.24) is 0 Å². The maximum atomic E-state index is 12.2. The minimum absolute atomic E-state index is 0.325. The number of amides is 1. The Kier molecular flexibility index (Phi) is 8.09. The third-order valence-corrected chi connectivity index (χ3v) is 3.95. The van der Waals surface area contributed by atoms with Crippen molar-refractivity contribution in [2.24, 2.45) is 0 Å². The van der Waals surface area contributed by atoms with Crippen LogP contribution >= 0.6 is 0 Å². The number of carbonyl (C=O) groups is 2. The molecule has 0 bridgehead atoms. The third kappa shape index (κ3) is 6.16. The van der Waals surface area contributed by atoms with Crippen molar-refractivity contribution in [2.75, 3.05) is 26.1 Å². The summed E-state index contributed by atoms with van der Waals surface area (Å²) in [6.07, 6.45) is 4.82. The van der Waals surface area contributed by atoms with Gasteiger partial charge >= 0.3 is 5.97 Å². The van der Waals surface area contributed by atoms with E-state index >= 15 is 0 Å². The normalized spacial score (nSPS) is 10.5. The molecule has 0 heterocycles. The summed E-state index contributed by atoms with van der Waals surface area (Å²) in [7, 11) is 3.13. The fourth-order valence-corrected chi connectivity index (χ4v) is 2.42. The predicted molar refractivity (Wildman–Crippen MR) is 109 cm³/mol. The molecule has 6 nitrogen and oxygen atoms in total. The summed E-state index contributed by atoms with van der Waals surface area (Å²) in [4.78, 5) is 24.2. The molecule has 0 saturated heterocycles. The largest absolute Gasteiger partial charge is 0.497 e. The molecule has 2 aromatic carbocycles. The van der Waals surface area contributed by atoms with Gasteiger partial charge in [0.2, 0.25) is 5.91 Å². The Labute approximate surface area is 165 Å². The quantitative estimate of drug-likeness (QED) is 0.397. The summed E-state index contributed by atoms with van der Waals surface area (Å²) in [5.74, 6) is 0.541. The third-order valence-electron chi connectivity index (χ3n) is 3.95. The second-order valence-electron chi connectivity index (χ2n) is 6.00. The fourth-order valence-electron chi connectivity index (χ4n) is 2.42. The Bertz CT molecular complexity index is 845. The van der Waals surface area contributed by atoms with Crippen LogP contribution in [0.2, 0.25) is 0 Å². The maximum absolute atomic E-state index is 12.2. The van der Waals surface area contributed by atoms with Gasteiger partial charge in [-0.1, -0.05) is 19.4 Å². The molecule has 0 saturated carbocycles. The summed E-state index contributed by atoms with van der Waals surface area (Å²) in [5, 5.41) is 2.74. The highest BCUT2D eigenvalue weighted by Gasteiger charge is 2.08. The molecular weight excluding hydrogens is 358 g/mol. The highest BCUT2D eigenvalue weighted by molar-refractivity contribution is 6.02. The lowest BCUT2D eigenvalue weighted by Gasteiger charge is -2.08. The average molecular weight is 383 g/mol. The van der Waals surface area contributed by atoms with Crippen LogP contribution in [-0.2, 0) is 9.53 Å². The van der Waals surface area contributed by atoms with Crippen LogP contribution in [0, 0.1) is 0 Å². The van der Waals surface area contributed by atoms with E-state index in [1.807, 2.05) is 6.92 Å². The summed E-state index contributed by atoms with van der Waals surface area (Å²) in [6, 6.07) is 12.0. The van der Waals surface area contributed by atoms with Crippen LogP contribution in [0.1, 0.15) is 35.7 Å². The minimum Gasteiger partial charge on any atom is -0.497 e. The second-order valence-corrected chi connectivity index (χ2v) is 6.00. The Morgan fingerprint density at radius 3 is 2.61 bits per heavy atom. The van der Waals surface area contributed by atoms with Crippen molar-refractivity contribution in [3.8, 4) is 11.5 Å². The summed E-state index contributed by atoms with van der Waals surface area (Å²) in [5.41, 5.74) is 1.66. The van der Waals surface area contributed by atoms with Crippen LogP contribution in [0.5, 0.6) is 11.5 Å². The molecule has 0 fully saturated rings. The van der Waals surface area contributed by atoms with E-state index in [4.69, 9.17) is 14.2 Å². The zero-order chi connectivity index (χ0) is 20.4. The van der Waals surface area contributed by atoms with Crippen molar-refractivity contribution < 1.29 is 23.8 Å². The molecule has 0 aliphatic carbocycles. The number of anilines is 1. The summed E-state index contributed by atoms with van der Waals surface area (Å²) in [6.45, 7) is 2.41. The van der Waals surface area contributed by atoms with E-state index in [-0.39, 0.29) is 5.91 Å². The average Bonchev–Trinajstić information content (AvgIpc) is 2.72. The second kappa shape index (κ2) is 10.8. The first-order valence-electron chi connectivity index (χ1n) is 9.05.